The second-order valence-corrected chi connectivity index (χ2v) is 6.37. The van der Waals surface area contributed by atoms with Crippen LogP contribution in [0.5, 0.6) is 0 Å². The summed E-state index contributed by atoms with van der Waals surface area (Å²) in [7, 11) is 2.15. The van der Waals surface area contributed by atoms with E-state index in [0.29, 0.717) is 12.6 Å². The van der Waals surface area contributed by atoms with Crippen molar-refractivity contribution in [3.8, 4) is 0 Å². The number of hydrogen-bond acceptors (Lipinski definition) is 3. The minimum Gasteiger partial charge on any atom is -0.350 e. The molecule has 1 saturated carbocycles. The van der Waals surface area contributed by atoms with Crippen LogP contribution in [-0.4, -0.2) is 43.0 Å². The highest BCUT2D eigenvalue weighted by atomic mass is 16.1. The Hall–Kier alpha value is -1.39. The molecule has 1 aliphatic heterocycles. The number of fused-ring (bicyclic) bond motifs is 1. The molecule has 21 heavy (non-hydrogen) atoms. The molecule has 2 aliphatic rings. The molecule has 1 aromatic carbocycles. The normalized spacial score (nSPS) is 19.2. The number of benzene rings is 1. The van der Waals surface area contributed by atoms with Crippen molar-refractivity contribution in [2.24, 2.45) is 0 Å². The van der Waals surface area contributed by atoms with Gasteiger partial charge in [0.05, 0.1) is 0 Å². The number of carbonyl (C=O) groups is 1. The minimum atomic E-state index is 0.0411. The van der Waals surface area contributed by atoms with Crippen LogP contribution in [0.3, 0.4) is 0 Å². The summed E-state index contributed by atoms with van der Waals surface area (Å²) in [6.07, 6.45) is 3.65. The fourth-order valence-corrected chi connectivity index (χ4v) is 2.95. The van der Waals surface area contributed by atoms with Crippen LogP contribution in [0.1, 0.15) is 41.3 Å². The van der Waals surface area contributed by atoms with E-state index in [9.17, 15) is 4.79 Å². The lowest BCUT2D eigenvalue weighted by Gasteiger charge is -2.24. The van der Waals surface area contributed by atoms with Gasteiger partial charge in [0.1, 0.15) is 0 Å². The van der Waals surface area contributed by atoms with E-state index in [-0.39, 0.29) is 5.91 Å². The van der Waals surface area contributed by atoms with Crippen LogP contribution in [0, 0.1) is 0 Å². The summed E-state index contributed by atoms with van der Waals surface area (Å²) in [5.74, 6) is 0.0411. The van der Waals surface area contributed by atoms with Gasteiger partial charge in [-0.05, 0) is 63.0 Å². The zero-order chi connectivity index (χ0) is 14.8. The van der Waals surface area contributed by atoms with E-state index >= 15 is 0 Å². The van der Waals surface area contributed by atoms with Gasteiger partial charge in [0.15, 0.2) is 0 Å². The molecule has 1 unspecified atom stereocenters. The molecular formula is C17H25N3O. The van der Waals surface area contributed by atoms with Crippen LogP contribution in [0.15, 0.2) is 18.2 Å². The number of carbonyl (C=O) groups excluding carboxylic acids is 1. The molecule has 0 spiro atoms. The maximum absolute atomic E-state index is 12.3. The van der Waals surface area contributed by atoms with Gasteiger partial charge in [0, 0.05) is 30.7 Å². The summed E-state index contributed by atoms with van der Waals surface area (Å²) in [5, 5.41) is 6.42. The second-order valence-electron chi connectivity index (χ2n) is 6.37. The van der Waals surface area contributed by atoms with Crippen molar-refractivity contribution in [2.45, 2.75) is 44.8 Å². The fraction of sp³-hybridized carbons (Fsp3) is 0.588. The molecule has 0 radical (unpaired) electrons. The van der Waals surface area contributed by atoms with Crippen LogP contribution in [0.4, 0.5) is 0 Å². The molecule has 1 heterocycles. The largest absolute Gasteiger partial charge is 0.350 e. The maximum Gasteiger partial charge on any atom is 0.251 e. The molecule has 1 aliphatic carbocycles. The summed E-state index contributed by atoms with van der Waals surface area (Å²) < 4.78 is 0. The molecule has 1 fully saturated rings. The molecule has 0 saturated heterocycles. The van der Waals surface area contributed by atoms with Crippen LogP contribution in [0.25, 0.3) is 0 Å². The van der Waals surface area contributed by atoms with Gasteiger partial charge in [-0.15, -0.1) is 0 Å². The van der Waals surface area contributed by atoms with Crippen molar-refractivity contribution in [1.82, 2.24) is 15.5 Å². The predicted octanol–water partition coefficient (Wildman–Crippen LogP) is 1.54. The smallest absolute Gasteiger partial charge is 0.251 e. The first kappa shape index (κ1) is 14.5. The lowest BCUT2D eigenvalue weighted by atomic mass is 9.98. The first-order chi connectivity index (χ1) is 10.1. The van der Waals surface area contributed by atoms with E-state index in [2.05, 4.69) is 35.6 Å². The molecule has 0 bridgehead atoms. The standard InChI is InChI=1S/C17H25N3O/c1-12(20(2)16-5-6-16)10-19-17(21)14-4-3-13-7-8-18-11-15(13)9-14/h3-4,9,12,16,18H,5-8,10-11H2,1-2H3,(H,19,21). The van der Waals surface area contributed by atoms with E-state index in [4.69, 9.17) is 0 Å². The molecule has 0 aromatic heterocycles. The Bertz CT molecular complexity index is 525. The van der Waals surface area contributed by atoms with Crippen molar-refractivity contribution in [2.75, 3.05) is 20.1 Å². The highest BCUT2D eigenvalue weighted by Gasteiger charge is 2.29. The van der Waals surface area contributed by atoms with E-state index < -0.39 is 0 Å². The zero-order valence-corrected chi connectivity index (χ0v) is 13.0. The fourth-order valence-electron chi connectivity index (χ4n) is 2.95. The van der Waals surface area contributed by atoms with Crippen molar-refractivity contribution in [3.05, 3.63) is 34.9 Å². The highest BCUT2D eigenvalue weighted by molar-refractivity contribution is 5.94. The SMILES string of the molecule is CC(CNC(=O)c1ccc2c(c1)CNCC2)N(C)C1CC1. The lowest BCUT2D eigenvalue weighted by Crippen LogP contribution is -2.41. The average Bonchev–Trinajstić information content (AvgIpc) is 3.35. The third-order valence-electron chi connectivity index (χ3n) is 4.73. The Morgan fingerprint density at radius 2 is 2.24 bits per heavy atom. The minimum absolute atomic E-state index is 0.0411. The molecule has 3 rings (SSSR count). The van der Waals surface area contributed by atoms with E-state index in [1.165, 1.54) is 24.0 Å². The van der Waals surface area contributed by atoms with E-state index in [0.717, 1.165) is 31.1 Å². The molecular weight excluding hydrogens is 262 g/mol. The summed E-state index contributed by atoms with van der Waals surface area (Å²) in [4.78, 5) is 14.7. The Labute approximate surface area is 126 Å². The Morgan fingerprint density at radius 1 is 1.43 bits per heavy atom. The molecule has 4 nitrogen and oxygen atoms in total. The van der Waals surface area contributed by atoms with Crippen LogP contribution < -0.4 is 10.6 Å². The highest BCUT2D eigenvalue weighted by Crippen LogP contribution is 2.26. The number of amides is 1. The van der Waals surface area contributed by atoms with Gasteiger partial charge in [-0.25, -0.2) is 0 Å². The zero-order valence-electron chi connectivity index (χ0n) is 13.0. The van der Waals surface area contributed by atoms with Gasteiger partial charge in [0.2, 0.25) is 0 Å². The molecule has 4 heteroatoms. The molecule has 2 N–H and O–H groups in total. The molecule has 1 atom stereocenters. The number of nitrogens with one attached hydrogen (secondary N) is 2. The Kier molecular flexibility index (Phi) is 4.27. The maximum atomic E-state index is 12.3. The lowest BCUT2D eigenvalue weighted by molar-refractivity contribution is 0.0939. The second kappa shape index (κ2) is 6.16. The van der Waals surface area contributed by atoms with Crippen LogP contribution >= 0.6 is 0 Å². The van der Waals surface area contributed by atoms with Gasteiger partial charge >= 0.3 is 0 Å². The number of hydrogen-bond donors (Lipinski definition) is 2. The van der Waals surface area contributed by atoms with E-state index in [1.807, 2.05) is 12.1 Å². The summed E-state index contributed by atoms with van der Waals surface area (Å²) >= 11 is 0. The third-order valence-corrected chi connectivity index (χ3v) is 4.73. The summed E-state index contributed by atoms with van der Waals surface area (Å²) in [6.45, 7) is 4.79. The number of nitrogens with zero attached hydrogens (tertiary/aromatic N) is 1. The molecule has 1 aromatic rings. The Morgan fingerprint density at radius 3 is 3.00 bits per heavy atom. The summed E-state index contributed by atoms with van der Waals surface area (Å²) in [6, 6.07) is 7.21. The van der Waals surface area contributed by atoms with Gasteiger partial charge in [-0.1, -0.05) is 6.07 Å². The first-order valence-corrected chi connectivity index (χ1v) is 7.98. The van der Waals surface area contributed by atoms with Crippen molar-refractivity contribution in [1.29, 1.82) is 0 Å². The monoisotopic (exact) mass is 287 g/mol. The van der Waals surface area contributed by atoms with Crippen molar-refractivity contribution < 1.29 is 4.79 Å². The topological polar surface area (TPSA) is 44.4 Å². The van der Waals surface area contributed by atoms with Gasteiger partial charge in [-0.3, -0.25) is 9.69 Å². The van der Waals surface area contributed by atoms with Crippen LogP contribution in [0.2, 0.25) is 0 Å². The quantitative estimate of drug-likeness (QED) is 0.863. The first-order valence-electron chi connectivity index (χ1n) is 7.98. The van der Waals surface area contributed by atoms with Gasteiger partial charge < -0.3 is 10.6 Å². The van der Waals surface area contributed by atoms with Crippen molar-refractivity contribution >= 4 is 5.91 Å². The van der Waals surface area contributed by atoms with Crippen LogP contribution in [-0.2, 0) is 13.0 Å². The van der Waals surface area contributed by atoms with Gasteiger partial charge in [0.25, 0.3) is 5.91 Å². The Balaban J connectivity index is 1.57. The van der Waals surface area contributed by atoms with Gasteiger partial charge in [-0.2, -0.15) is 0 Å². The van der Waals surface area contributed by atoms with Crippen molar-refractivity contribution in [3.63, 3.8) is 0 Å². The molecule has 114 valence electrons. The molecule has 1 amide bonds. The number of likely N-dealkylation sites (N-methyl/N-ethyl adjacent to an activating group) is 1. The van der Waals surface area contributed by atoms with E-state index in [1.54, 1.807) is 0 Å². The average molecular weight is 287 g/mol. The third kappa shape index (κ3) is 3.44. The predicted molar refractivity (Wildman–Crippen MR) is 84.4 cm³/mol. The summed E-state index contributed by atoms with van der Waals surface area (Å²) in [5.41, 5.74) is 3.41. The number of rotatable bonds is 5.